The first-order chi connectivity index (χ1) is 43.7. The molecule has 0 atom stereocenters. The van der Waals surface area contributed by atoms with Gasteiger partial charge in [0.2, 0.25) is 0 Å². The van der Waals surface area contributed by atoms with Crippen LogP contribution in [0.4, 0.5) is 34.1 Å². The highest BCUT2D eigenvalue weighted by atomic mass is 15.2. The fourth-order valence-electron chi connectivity index (χ4n) is 14.7. The van der Waals surface area contributed by atoms with Crippen LogP contribution in [0.3, 0.4) is 0 Å². The van der Waals surface area contributed by atoms with E-state index in [0.717, 1.165) is 50.8 Å². The lowest BCUT2D eigenvalue weighted by molar-refractivity contribution is 0.768. The molecule has 0 spiro atoms. The van der Waals surface area contributed by atoms with E-state index in [1.807, 2.05) is 0 Å². The van der Waals surface area contributed by atoms with E-state index in [9.17, 15) is 0 Å². The molecule has 0 unspecified atom stereocenters. The molecule has 88 heavy (non-hydrogen) atoms. The normalized spacial score (nSPS) is 13.0. The molecular formula is C86H60N2. The predicted octanol–water partition coefficient (Wildman–Crippen LogP) is 22.4. The van der Waals surface area contributed by atoms with Gasteiger partial charge in [0.05, 0.1) is 22.2 Å². The van der Waals surface area contributed by atoms with Gasteiger partial charge in [-0.15, -0.1) is 0 Å². The maximum Gasteiger partial charge on any atom is 0.0734 e. The monoisotopic (exact) mass is 1120 g/mol. The lowest BCUT2D eigenvalue weighted by Crippen LogP contribution is -2.30. The average Bonchev–Trinajstić information content (AvgIpc) is 1.54. The third kappa shape index (κ3) is 8.48. The third-order valence-electron chi connectivity index (χ3n) is 18.4. The van der Waals surface area contributed by atoms with Crippen molar-refractivity contribution in [2.75, 3.05) is 9.80 Å². The van der Waals surface area contributed by atoms with Gasteiger partial charge < -0.3 is 9.80 Å². The molecule has 0 bridgehead atoms. The van der Waals surface area contributed by atoms with Crippen LogP contribution in [0, 0.1) is 0 Å². The molecule has 2 aliphatic rings. The number of hydrogen-bond donors (Lipinski definition) is 0. The number of para-hydroxylation sites is 1. The first-order valence-electron chi connectivity index (χ1n) is 30.5. The largest absolute Gasteiger partial charge is 0.310 e. The number of anilines is 6. The van der Waals surface area contributed by atoms with Gasteiger partial charge in [0.15, 0.2) is 0 Å². The van der Waals surface area contributed by atoms with E-state index in [1.54, 1.807) is 0 Å². The highest BCUT2D eigenvalue weighted by molar-refractivity contribution is 5.98. The summed E-state index contributed by atoms with van der Waals surface area (Å²) in [6, 6.07) is 135. The SMILES string of the molecule is c1ccc(-c2ccc(-c3ccccc3N(c3cccc(N(c4ccc(-c5ccccc5)cc4)c4cccc(C5(c6ccccc6)c6ccccc6-c6ccccc65)c4)c3)c3cccc4c3C(c3ccccc3)(c3ccccc3)c3ccccc3-4)cc2)cc1. The van der Waals surface area contributed by atoms with Crippen LogP contribution in [0.2, 0.25) is 0 Å². The summed E-state index contributed by atoms with van der Waals surface area (Å²) in [4.78, 5) is 5.02. The first kappa shape index (κ1) is 52.3. The number of hydrogen-bond acceptors (Lipinski definition) is 2. The van der Waals surface area contributed by atoms with Gasteiger partial charge in [0.1, 0.15) is 0 Å². The Labute approximate surface area is 515 Å². The Bertz CT molecular complexity index is 4740. The van der Waals surface area contributed by atoms with Crippen molar-refractivity contribution < 1.29 is 0 Å². The Balaban J connectivity index is 0.947. The summed E-state index contributed by atoms with van der Waals surface area (Å²) in [5, 5.41) is 0. The van der Waals surface area contributed by atoms with Crippen LogP contribution in [0.25, 0.3) is 55.6 Å². The van der Waals surface area contributed by atoms with Crippen molar-refractivity contribution in [1.29, 1.82) is 0 Å². The van der Waals surface area contributed by atoms with Crippen molar-refractivity contribution >= 4 is 34.1 Å². The molecule has 0 aromatic heterocycles. The number of benzene rings is 14. The van der Waals surface area contributed by atoms with Gasteiger partial charge in [-0.1, -0.05) is 309 Å². The number of nitrogens with zero attached hydrogens (tertiary/aromatic N) is 2. The van der Waals surface area contributed by atoms with E-state index in [1.165, 1.54) is 83.5 Å². The Morgan fingerprint density at radius 1 is 0.182 bits per heavy atom. The van der Waals surface area contributed by atoms with Gasteiger partial charge in [0, 0.05) is 33.9 Å². The summed E-state index contributed by atoms with van der Waals surface area (Å²) < 4.78 is 0. The second kappa shape index (κ2) is 21.9. The zero-order valence-electron chi connectivity index (χ0n) is 48.5. The molecule has 2 aliphatic carbocycles. The lowest BCUT2D eigenvalue weighted by Gasteiger charge is -2.38. The summed E-state index contributed by atoms with van der Waals surface area (Å²) in [6.45, 7) is 0. The first-order valence-corrected chi connectivity index (χ1v) is 30.5. The predicted molar refractivity (Wildman–Crippen MR) is 367 cm³/mol. The lowest BCUT2D eigenvalue weighted by atomic mass is 9.67. The Morgan fingerprint density at radius 3 is 1.07 bits per heavy atom. The van der Waals surface area contributed by atoms with E-state index >= 15 is 0 Å². The molecule has 0 heterocycles. The summed E-state index contributed by atoms with van der Waals surface area (Å²) >= 11 is 0. The van der Waals surface area contributed by atoms with Crippen molar-refractivity contribution in [2.45, 2.75) is 10.8 Å². The van der Waals surface area contributed by atoms with E-state index < -0.39 is 10.8 Å². The zero-order valence-corrected chi connectivity index (χ0v) is 48.5. The van der Waals surface area contributed by atoms with Crippen molar-refractivity contribution in [2.24, 2.45) is 0 Å². The topological polar surface area (TPSA) is 6.48 Å². The Morgan fingerprint density at radius 2 is 0.523 bits per heavy atom. The van der Waals surface area contributed by atoms with Crippen LogP contribution in [0.15, 0.2) is 364 Å². The standard InChI is InChI=1S/C86H60N2/c1-6-27-61(28-7-1)63-51-53-65(54-52-63)74-41-19-23-49-82(74)88(83-50-26-45-78-77-44-18-22-48-81(77)86(84(78)83,67-33-12-4-13-34-67)68-35-14-5-15-36-68)73-40-25-39-72(60-73)87(70-57-55-64(56-58-70)62-29-8-2-9-30-62)71-38-24-37-69(59-71)85(66-31-10-3-11-32-66)79-46-20-16-42-75(79)76-43-17-21-47-80(76)85/h1-60H. The number of fused-ring (bicyclic) bond motifs is 6. The van der Waals surface area contributed by atoms with Crippen molar-refractivity contribution in [1.82, 2.24) is 0 Å². The van der Waals surface area contributed by atoms with Gasteiger partial charge in [-0.05, 0) is 144 Å². The second-order valence-electron chi connectivity index (χ2n) is 23.0. The Hall–Kier alpha value is -11.3. The van der Waals surface area contributed by atoms with Crippen LogP contribution >= 0.6 is 0 Å². The van der Waals surface area contributed by atoms with Crippen molar-refractivity contribution in [3.8, 4) is 55.6 Å². The summed E-state index contributed by atoms with van der Waals surface area (Å²) in [7, 11) is 0. The maximum absolute atomic E-state index is 2.55. The fraction of sp³-hybridized carbons (Fsp3) is 0.0233. The fourth-order valence-corrected chi connectivity index (χ4v) is 14.7. The van der Waals surface area contributed by atoms with E-state index in [4.69, 9.17) is 0 Å². The second-order valence-corrected chi connectivity index (χ2v) is 23.0. The van der Waals surface area contributed by atoms with Gasteiger partial charge in [-0.25, -0.2) is 0 Å². The molecule has 0 saturated heterocycles. The number of rotatable bonds is 13. The molecule has 2 heteroatoms. The van der Waals surface area contributed by atoms with Crippen LogP contribution in [0.5, 0.6) is 0 Å². The molecule has 0 amide bonds. The van der Waals surface area contributed by atoms with Crippen LogP contribution in [-0.4, -0.2) is 0 Å². The maximum atomic E-state index is 2.55. The van der Waals surface area contributed by atoms with Crippen molar-refractivity contribution in [3.63, 3.8) is 0 Å². The summed E-state index contributed by atoms with van der Waals surface area (Å²) in [6.07, 6.45) is 0. The van der Waals surface area contributed by atoms with E-state index in [-0.39, 0.29) is 0 Å². The molecule has 414 valence electrons. The van der Waals surface area contributed by atoms with Crippen LogP contribution in [-0.2, 0) is 10.8 Å². The van der Waals surface area contributed by atoms with Gasteiger partial charge in [0.25, 0.3) is 0 Å². The molecule has 0 N–H and O–H groups in total. The zero-order chi connectivity index (χ0) is 58.4. The molecule has 0 fully saturated rings. The molecule has 2 nitrogen and oxygen atoms in total. The molecule has 14 aromatic rings. The van der Waals surface area contributed by atoms with Crippen molar-refractivity contribution in [3.05, 3.63) is 408 Å². The summed E-state index contributed by atoms with van der Waals surface area (Å²) in [5.41, 5.74) is 26.9. The average molecular weight is 1120 g/mol. The molecule has 0 radical (unpaired) electrons. The van der Waals surface area contributed by atoms with Gasteiger partial charge in [-0.2, -0.15) is 0 Å². The van der Waals surface area contributed by atoms with Crippen LogP contribution in [0.1, 0.15) is 44.5 Å². The third-order valence-corrected chi connectivity index (χ3v) is 18.4. The minimum absolute atomic E-state index is 0.593. The van der Waals surface area contributed by atoms with E-state index in [0.29, 0.717) is 0 Å². The van der Waals surface area contributed by atoms with E-state index in [2.05, 4.69) is 374 Å². The van der Waals surface area contributed by atoms with Crippen LogP contribution < -0.4 is 9.80 Å². The Kier molecular flexibility index (Phi) is 13.0. The summed E-state index contributed by atoms with van der Waals surface area (Å²) in [5.74, 6) is 0. The van der Waals surface area contributed by atoms with Gasteiger partial charge >= 0.3 is 0 Å². The quantitative estimate of drug-likeness (QED) is 0.114. The minimum atomic E-state index is -0.688. The highest BCUT2D eigenvalue weighted by Crippen LogP contribution is 2.61. The molecule has 14 aromatic carbocycles. The highest BCUT2D eigenvalue weighted by Gasteiger charge is 2.49. The molecular weight excluding hydrogens is 1060 g/mol. The smallest absolute Gasteiger partial charge is 0.0734 e. The minimum Gasteiger partial charge on any atom is -0.310 e. The molecule has 0 saturated carbocycles. The molecule has 16 rings (SSSR count). The van der Waals surface area contributed by atoms with Gasteiger partial charge in [-0.3, -0.25) is 0 Å². The molecule has 0 aliphatic heterocycles.